The molecule has 7 nitrogen and oxygen atoms in total. The SMILES string of the molecule is O=C(NC1CCN(C(=O)C2CC2)CC1)NC1CCN(C(=O)C2CC2)CC1. The van der Waals surface area contributed by atoms with Gasteiger partial charge in [0, 0.05) is 50.1 Å². The number of rotatable bonds is 4. The lowest BCUT2D eigenvalue weighted by atomic mass is 10.0. The van der Waals surface area contributed by atoms with E-state index in [0.29, 0.717) is 11.8 Å². The maximum absolute atomic E-state index is 12.3. The summed E-state index contributed by atoms with van der Waals surface area (Å²) in [6, 6.07) is 0.188. The third kappa shape index (κ3) is 4.30. The van der Waals surface area contributed by atoms with Gasteiger partial charge in [-0.1, -0.05) is 0 Å². The molecule has 2 N–H and O–H groups in total. The van der Waals surface area contributed by atoms with Crippen molar-refractivity contribution in [3.63, 3.8) is 0 Å². The first-order chi connectivity index (χ1) is 12.6. The molecule has 4 rings (SSSR count). The highest BCUT2D eigenvalue weighted by atomic mass is 16.2. The Balaban J connectivity index is 1.13. The standard InChI is InChI=1S/C19H30N4O3/c24-17(13-1-2-13)22-9-5-15(6-10-22)20-19(26)21-16-7-11-23(12-8-16)18(25)14-3-4-14/h13-16H,1-12H2,(H2,20,21,26). The summed E-state index contributed by atoms with van der Waals surface area (Å²) >= 11 is 0. The van der Waals surface area contributed by atoms with Crippen LogP contribution < -0.4 is 10.6 Å². The number of nitrogens with one attached hydrogen (secondary N) is 2. The zero-order valence-corrected chi connectivity index (χ0v) is 15.4. The van der Waals surface area contributed by atoms with E-state index >= 15 is 0 Å². The molecule has 2 aliphatic heterocycles. The summed E-state index contributed by atoms with van der Waals surface area (Å²) < 4.78 is 0. The average molecular weight is 362 g/mol. The van der Waals surface area contributed by atoms with E-state index in [0.717, 1.165) is 77.5 Å². The Morgan fingerprint density at radius 2 is 0.923 bits per heavy atom. The average Bonchev–Trinajstić information content (AvgIpc) is 3.55. The molecule has 2 saturated heterocycles. The number of carbonyl (C=O) groups excluding carboxylic acids is 3. The second kappa shape index (κ2) is 7.45. The van der Waals surface area contributed by atoms with Crippen molar-refractivity contribution in [2.45, 2.75) is 63.5 Å². The van der Waals surface area contributed by atoms with Crippen molar-refractivity contribution in [3.8, 4) is 0 Å². The van der Waals surface area contributed by atoms with E-state index in [1.807, 2.05) is 9.80 Å². The largest absolute Gasteiger partial charge is 0.342 e. The minimum atomic E-state index is -0.107. The van der Waals surface area contributed by atoms with Crippen LogP contribution >= 0.6 is 0 Å². The Hall–Kier alpha value is -1.79. The molecule has 4 amide bonds. The Morgan fingerprint density at radius 1 is 0.577 bits per heavy atom. The van der Waals surface area contributed by atoms with Crippen LogP contribution in [-0.4, -0.2) is 65.9 Å². The predicted octanol–water partition coefficient (Wildman–Crippen LogP) is 1.09. The highest BCUT2D eigenvalue weighted by Gasteiger charge is 2.36. The molecule has 0 aromatic heterocycles. The summed E-state index contributed by atoms with van der Waals surface area (Å²) in [5.41, 5.74) is 0. The van der Waals surface area contributed by atoms with Gasteiger partial charge in [-0.2, -0.15) is 0 Å². The predicted molar refractivity (Wildman–Crippen MR) is 96.3 cm³/mol. The Kier molecular flexibility index (Phi) is 5.05. The third-order valence-electron chi connectivity index (χ3n) is 6.14. The molecule has 4 aliphatic rings. The number of hydrogen-bond acceptors (Lipinski definition) is 3. The van der Waals surface area contributed by atoms with Crippen LogP contribution in [0.2, 0.25) is 0 Å². The first-order valence-electron chi connectivity index (χ1n) is 10.2. The smallest absolute Gasteiger partial charge is 0.315 e. The molecule has 0 unspecified atom stereocenters. The van der Waals surface area contributed by atoms with E-state index in [1.165, 1.54) is 0 Å². The van der Waals surface area contributed by atoms with Crippen molar-refractivity contribution < 1.29 is 14.4 Å². The molecule has 0 bridgehead atoms. The summed E-state index contributed by atoms with van der Waals surface area (Å²) in [5, 5.41) is 6.13. The van der Waals surface area contributed by atoms with Gasteiger partial charge >= 0.3 is 6.03 Å². The van der Waals surface area contributed by atoms with E-state index in [2.05, 4.69) is 10.6 Å². The molecule has 144 valence electrons. The van der Waals surface area contributed by atoms with Crippen LogP contribution in [0.4, 0.5) is 4.79 Å². The summed E-state index contributed by atoms with van der Waals surface area (Å²) in [6.07, 6.45) is 7.52. The van der Waals surface area contributed by atoms with Crippen LogP contribution in [0.25, 0.3) is 0 Å². The van der Waals surface area contributed by atoms with Crippen molar-refractivity contribution in [1.29, 1.82) is 0 Å². The molecule has 0 atom stereocenters. The maximum Gasteiger partial charge on any atom is 0.315 e. The summed E-state index contributed by atoms with van der Waals surface area (Å²) in [6.45, 7) is 3.01. The van der Waals surface area contributed by atoms with Crippen LogP contribution in [-0.2, 0) is 9.59 Å². The lowest BCUT2D eigenvalue weighted by Gasteiger charge is -2.34. The maximum atomic E-state index is 12.3. The van der Waals surface area contributed by atoms with Crippen LogP contribution in [0.15, 0.2) is 0 Å². The molecule has 2 aliphatic carbocycles. The first kappa shape index (κ1) is 17.6. The summed E-state index contributed by atoms with van der Waals surface area (Å²) in [4.78, 5) is 40.3. The van der Waals surface area contributed by atoms with E-state index in [4.69, 9.17) is 0 Å². The fourth-order valence-electron chi connectivity index (χ4n) is 4.08. The molecule has 0 radical (unpaired) electrons. The van der Waals surface area contributed by atoms with Gasteiger partial charge in [0.2, 0.25) is 11.8 Å². The monoisotopic (exact) mass is 362 g/mol. The highest BCUT2D eigenvalue weighted by molar-refractivity contribution is 5.81. The Bertz CT molecular complexity index is 509. The van der Waals surface area contributed by atoms with Gasteiger partial charge in [-0.05, 0) is 51.4 Å². The van der Waals surface area contributed by atoms with Gasteiger partial charge in [0.25, 0.3) is 0 Å². The van der Waals surface area contributed by atoms with Crippen molar-refractivity contribution in [2.24, 2.45) is 11.8 Å². The van der Waals surface area contributed by atoms with E-state index in [9.17, 15) is 14.4 Å². The number of urea groups is 1. The number of carbonyl (C=O) groups is 3. The highest BCUT2D eigenvalue weighted by Crippen LogP contribution is 2.32. The summed E-state index contributed by atoms with van der Waals surface area (Å²) in [5.74, 6) is 1.17. The molecular weight excluding hydrogens is 332 g/mol. The fraction of sp³-hybridized carbons (Fsp3) is 0.842. The molecule has 26 heavy (non-hydrogen) atoms. The first-order valence-corrected chi connectivity index (χ1v) is 10.2. The molecule has 0 spiro atoms. The lowest BCUT2D eigenvalue weighted by molar-refractivity contribution is -0.134. The van der Waals surface area contributed by atoms with Gasteiger partial charge < -0.3 is 20.4 Å². The zero-order chi connectivity index (χ0) is 18.1. The fourth-order valence-corrected chi connectivity index (χ4v) is 4.08. The van der Waals surface area contributed by atoms with Crippen LogP contribution in [0.3, 0.4) is 0 Å². The number of piperidine rings is 2. The van der Waals surface area contributed by atoms with Gasteiger partial charge in [-0.3, -0.25) is 9.59 Å². The number of likely N-dealkylation sites (tertiary alicyclic amines) is 2. The third-order valence-corrected chi connectivity index (χ3v) is 6.14. The summed E-state index contributed by atoms with van der Waals surface area (Å²) in [7, 11) is 0. The van der Waals surface area contributed by atoms with Crippen LogP contribution in [0.1, 0.15) is 51.4 Å². The molecule has 2 heterocycles. The van der Waals surface area contributed by atoms with E-state index in [1.54, 1.807) is 0 Å². The second-order valence-corrected chi connectivity index (χ2v) is 8.37. The van der Waals surface area contributed by atoms with Crippen molar-refractivity contribution in [2.75, 3.05) is 26.2 Å². The molecule has 0 aromatic carbocycles. The minimum absolute atomic E-state index is 0.107. The van der Waals surface area contributed by atoms with Crippen molar-refractivity contribution in [1.82, 2.24) is 20.4 Å². The van der Waals surface area contributed by atoms with Gasteiger partial charge in [-0.25, -0.2) is 4.79 Å². The van der Waals surface area contributed by atoms with Crippen LogP contribution in [0, 0.1) is 11.8 Å². The lowest BCUT2D eigenvalue weighted by Crippen LogP contribution is -2.53. The molecule has 0 aromatic rings. The normalized spacial score (nSPS) is 25.1. The van der Waals surface area contributed by atoms with Crippen LogP contribution in [0.5, 0.6) is 0 Å². The van der Waals surface area contributed by atoms with Gasteiger partial charge in [-0.15, -0.1) is 0 Å². The van der Waals surface area contributed by atoms with E-state index < -0.39 is 0 Å². The topological polar surface area (TPSA) is 81.8 Å². The van der Waals surface area contributed by atoms with Crippen molar-refractivity contribution in [3.05, 3.63) is 0 Å². The molecule has 7 heteroatoms. The van der Waals surface area contributed by atoms with Gasteiger partial charge in [0.05, 0.1) is 0 Å². The van der Waals surface area contributed by atoms with E-state index in [-0.39, 0.29) is 30.0 Å². The second-order valence-electron chi connectivity index (χ2n) is 8.37. The number of nitrogens with zero attached hydrogens (tertiary/aromatic N) is 2. The Morgan fingerprint density at radius 3 is 1.23 bits per heavy atom. The zero-order valence-electron chi connectivity index (χ0n) is 15.4. The Labute approximate surface area is 154 Å². The number of hydrogen-bond donors (Lipinski definition) is 2. The minimum Gasteiger partial charge on any atom is -0.342 e. The molecular formula is C19H30N4O3. The van der Waals surface area contributed by atoms with Crippen molar-refractivity contribution >= 4 is 17.8 Å². The number of amides is 4. The van der Waals surface area contributed by atoms with Gasteiger partial charge in [0.15, 0.2) is 0 Å². The molecule has 2 saturated carbocycles. The van der Waals surface area contributed by atoms with Gasteiger partial charge in [0.1, 0.15) is 0 Å². The quantitative estimate of drug-likeness (QED) is 0.785. The molecule has 4 fully saturated rings.